The molecule has 0 atom stereocenters. The van der Waals surface area contributed by atoms with Crippen LogP contribution in [0.2, 0.25) is 0 Å². The summed E-state index contributed by atoms with van der Waals surface area (Å²) in [5.74, 6) is 6.62. The van der Waals surface area contributed by atoms with E-state index in [4.69, 9.17) is 5.11 Å². The summed E-state index contributed by atoms with van der Waals surface area (Å²) >= 11 is 0. The Morgan fingerprint density at radius 1 is 1.33 bits per heavy atom. The van der Waals surface area contributed by atoms with Crippen molar-refractivity contribution in [3.63, 3.8) is 0 Å². The summed E-state index contributed by atoms with van der Waals surface area (Å²) in [6, 6.07) is 5.09. The van der Waals surface area contributed by atoms with Crippen LogP contribution in [0, 0.1) is 29.5 Å². The fraction of sp³-hybridized carbons (Fsp3) is 0.556. The van der Waals surface area contributed by atoms with Gasteiger partial charge in [0, 0.05) is 17.7 Å². The average molecular weight is 289 g/mol. The van der Waals surface area contributed by atoms with Crippen LogP contribution in [0.3, 0.4) is 0 Å². The van der Waals surface area contributed by atoms with E-state index in [2.05, 4.69) is 30.6 Å². The summed E-state index contributed by atoms with van der Waals surface area (Å²) in [5, 5.41) is 8.65. The number of rotatable bonds is 3. The van der Waals surface area contributed by atoms with Crippen molar-refractivity contribution in [2.45, 2.75) is 33.2 Å². The molecule has 0 amide bonds. The van der Waals surface area contributed by atoms with Crippen LogP contribution >= 0.6 is 0 Å². The number of benzene rings is 1. The molecule has 1 aromatic carbocycles. The van der Waals surface area contributed by atoms with Gasteiger partial charge in [0.1, 0.15) is 12.4 Å². The summed E-state index contributed by atoms with van der Waals surface area (Å²) in [4.78, 5) is 2.33. The summed E-state index contributed by atoms with van der Waals surface area (Å²) in [6.45, 7) is 7.14. The molecule has 2 nitrogen and oxygen atoms in total. The third-order valence-corrected chi connectivity index (χ3v) is 4.33. The third kappa shape index (κ3) is 4.56. The van der Waals surface area contributed by atoms with Crippen LogP contribution in [0.25, 0.3) is 0 Å². The van der Waals surface area contributed by atoms with Crippen LogP contribution in [-0.2, 0) is 6.54 Å². The fourth-order valence-corrected chi connectivity index (χ4v) is 2.91. The van der Waals surface area contributed by atoms with Gasteiger partial charge in [-0.05, 0) is 49.9 Å². The zero-order valence-electron chi connectivity index (χ0n) is 12.9. The zero-order valence-corrected chi connectivity index (χ0v) is 12.9. The lowest BCUT2D eigenvalue weighted by Crippen LogP contribution is -2.34. The molecule has 0 aliphatic carbocycles. The Labute approximate surface area is 127 Å². The normalized spacial score (nSPS) is 16.8. The Kier molecular flexibility index (Phi) is 5.78. The number of likely N-dealkylation sites (tertiary alicyclic amines) is 1. The molecule has 0 aromatic heterocycles. The van der Waals surface area contributed by atoms with Crippen LogP contribution in [0.15, 0.2) is 18.2 Å². The van der Waals surface area contributed by atoms with Crippen LogP contribution < -0.4 is 0 Å². The highest BCUT2D eigenvalue weighted by Crippen LogP contribution is 2.25. The molecule has 0 saturated carbocycles. The highest BCUT2D eigenvalue weighted by molar-refractivity contribution is 5.37. The van der Waals surface area contributed by atoms with E-state index >= 15 is 0 Å². The van der Waals surface area contributed by atoms with Crippen LogP contribution in [0.4, 0.5) is 4.39 Å². The van der Waals surface area contributed by atoms with Gasteiger partial charge in [-0.25, -0.2) is 4.39 Å². The van der Waals surface area contributed by atoms with Crippen LogP contribution in [0.5, 0.6) is 0 Å². The van der Waals surface area contributed by atoms with Crippen molar-refractivity contribution in [1.29, 1.82) is 0 Å². The van der Waals surface area contributed by atoms with Gasteiger partial charge in [-0.3, -0.25) is 4.90 Å². The first kappa shape index (κ1) is 16.0. The van der Waals surface area contributed by atoms with Crippen molar-refractivity contribution < 1.29 is 9.50 Å². The molecule has 21 heavy (non-hydrogen) atoms. The number of halogens is 1. The average Bonchev–Trinajstić information content (AvgIpc) is 2.48. The number of aliphatic hydroxyl groups excluding tert-OH is 1. The number of aliphatic hydroxyl groups is 1. The van der Waals surface area contributed by atoms with Crippen LogP contribution in [-0.4, -0.2) is 29.7 Å². The monoisotopic (exact) mass is 289 g/mol. The summed E-state index contributed by atoms with van der Waals surface area (Å²) < 4.78 is 14.1. The van der Waals surface area contributed by atoms with Gasteiger partial charge >= 0.3 is 0 Å². The van der Waals surface area contributed by atoms with E-state index in [9.17, 15) is 4.39 Å². The molecule has 0 radical (unpaired) electrons. The molecular formula is C18H24FNO. The molecule has 1 heterocycles. The Bertz CT molecular complexity index is 522. The topological polar surface area (TPSA) is 23.5 Å². The van der Waals surface area contributed by atoms with Crippen molar-refractivity contribution in [3.05, 3.63) is 35.1 Å². The first-order chi connectivity index (χ1) is 10.1. The molecule has 1 fully saturated rings. The second-order valence-corrected chi connectivity index (χ2v) is 6.12. The van der Waals surface area contributed by atoms with Gasteiger partial charge in [0.2, 0.25) is 0 Å². The lowest BCUT2D eigenvalue weighted by Gasteiger charge is -2.33. The minimum Gasteiger partial charge on any atom is -0.384 e. The van der Waals surface area contributed by atoms with Crippen molar-refractivity contribution in [2.75, 3.05) is 19.7 Å². The maximum absolute atomic E-state index is 14.1. The Morgan fingerprint density at radius 2 is 2.05 bits per heavy atom. The highest BCUT2D eigenvalue weighted by atomic mass is 19.1. The Morgan fingerprint density at radius 3 is 2.62 bits per heavy atom. The molecule has 1 aliphatic rings. The minimum absolute atomic E-state index is 0.200. The lowest BCUT2D eigenvalue weighted by atomic mass is 9.86. The van der Waals surface area contributed by atoms with Gasteiger partial charge in [0.15, 0.2) is 0 Å². The maximum Gasteiger partial charge on any atom is 0.128 e. The molecule has 1 aromatic rings. The number of piperidine rings is 1. The fourth-order valence-electron chi connectivity index (χ4n) is 2.91. The standard InChI is InChI=1S/C18H24FNO/c1-14(2)16-7-9-20(10-8-16)13-17-6-5-15(4-3-11-21)12-18(17)19/h5-6,12,14,16,21H,7-11,13H2,1-2H3. The van der Waals surface area contributed by atoms with E-state index in [0.717, 1.165) is 30.5 Å². The Balaban J connectivity index is 1.95. The van der Waals surface area contributed by atoms with E-state index in [1.807, 2.05) is 12.1 Å². The first-order valence-electron chi connectivity index (χ1n) is 7.70. The van der Waals surface area contributed by atoms with E-state index in [-0.39, 0.29) is 12.4 Å². The van der Waals surface area contributed by atoms with Gasteiger partial charge in [-0.1, -0.05) is 31.8 Å². The van der Waals surface area contributed by atoms with E-state index < -0.39 is 0 Å². The molecule has 0 unspecified atom stereocenters. The van der Waals surface area contributed by atoms with Gasteiger partial charge in [0.05, 0.1) is 0 Å². The second-order valence-electron chi connectivity index (χ2n) is 6.12. The minimum atomic E-state index is -0.203. The Hall–Kier alpha value is -1.37. The SMILES string of the molecule is CC(C)C1CCN(Cc2ccc(C#CCO)cc2F)CC1. The molecular weight excluding hydrogens is 265 g/mol. The van der Waals surface area contributed by atoms with Crippen molar-refractivity contribution in [1.82, 2.24) is 4.90 Å². The molecule has 1 aliphatic heterocycles. The zero-order chi connectivity index (χ0) is 15.2. The molecule has 0 spiro atoms. The van der Waals surface area contributed by atoms with Gasteiger partial charge in [0.25, 0.3) is 0 Å². The van der Waals surface area contributed by atoms with Gasteiger partial charge < -0.3 is 5.11 Å². The summed E-state index contributed by atoms with van der Waals surface area (Å²) in [7, 11) is 0. The first-order valence-corrected chi connectivity index (χ1v) is 7.70. The maximum atomic E-state index is 14.1. The van der Waals surface area contributed by atoms with Crippen LogP contribution in [0.1, 0.15) is 37.8 Å². The van der Waals surface area contributed by atoms with Gasteiger partial charge in [-0.2, -0.15) is 0 Å². The smallest absolute Gasteiger partial charge is 0.128 e. The quantitative estimate of drug-likeness (QED) is 0.865. The lowest BCUT2D eigenvalue weighted by molar-refractivity contribution is 0.150. The predicted octanol–water partition coefficient (Wildman–Crippen LogP) is 3.04. The third-order valence-electron chi connectivity index (χ3n) is 4.33. The molecule has 1 N–H and O–H groups in total. The molecule has 0 bridgehead atoms. The largest absolute Gasteiger partial charge is 0.384 e. The molecule has 2 rings (SSSR count). The van der Waals surface area contributed by atoms with E-state index in [0.29, 0.717) is 12.1 Å². The summed E-state index contributed by atoms with van der Waals surface area (Å²) in [5.41, 5.74) is 1.34. The number of hydrogen-bond acceptors (Lipinski definition) is 2. The second kappa shape index (κ2) is 7.59. The molecule has 3 heteroatoms. The molecule has 1 saturated heterocycles. The van der Waals surface area contributed by atoms with Crippen molar-refractivity contribution >= 4 is 0 Å². The van der Waals surface area contributed by atoms with Crippen molar-refractivity contribution in [2.24, 2.45) is 11.8 Å². The van der Waals surface area contributed by atoms with E-state index in [1.54, 1.807) is 0 Å². The highest BCUT2D eigenvalue weighted by Gasteiger charge is 2.22. The molecule has 114 valence electrons. The van der Waals surface area contributed by atoms with E-state index in [1.165, 1.54) is 18.9 Å². The van der Waals surface area contributed by atoms with Gasteiger partial charge in [-0.15, -0.1) is 0 Å². The number of nitrogens with zero attached hydrogens (tertiary/aromatic N) is 1. The number of hydrogen-bond donors (Lipinski definition) is 1. The summed E-state index contributed by atoms with van der Waals surface area (Å²) in [6.07, 6.45) is 2.42. The predicted molar refractivity (Wildman–Crippen MR) is 83.2 cm³/mol. The van der Waals surface area contributed by atoms with Crippen molar-refractivity contribution in [3.8, 4) is 11.8 Å².